The van der Waals surface area contributed by atoms with Crippen molar-refractivity contribution in [2.24, 2.45) is 11.7 Å². The quantitative estimate of drug-likeness (QED) is 0.863. The number of carbonyl (C=O) groups excluding carboxylic acids is 1. The molecule has 4 heteroatoms. The van der Waals surface area contributed by atoms with E-state index in [9.17, 15) is 9.18 Å². The number of primary amides is 1. The highest BCUT2D eigenvalue weighted by atomic mass is 19.1. The summed E-state index contributed by atoms with van der Waals surface area (Å²) in [5.74, 6) is -0.331. The van der Waals surface area contributed by atoms with Gasteiger partial charge in [-0.25, -0.2) is 4.39 Å². The zero-order valence-corrected chi connectivity index (χ0v) is 10.6. The van der Waals surface area contributed by atoms with E-state index in [-0.39, 0.29) is 11.4 Å². The van der Waals surface area contributed by atoms with Crippen LogP contribution in [0.4, 0.5) is 10.1 Å². The number of hydrogen-bond donors (Lipinski definition) is 2. The van der Waals surface area contributed by atoms with Gasteiger partial charge in [-0.05, 0) is 37.8 Å². The maximum absolute atomic E-state index is 13.7. The lowest BCUT2D eigenvalue weighted by Gasteiger charge is -2.15. The lowest BCUT2D eigenvalue weighted by Crippen LogP contribution is -2.15. The number of halogens is 1. The van der Waals surface area contributed by atoms with Gasteiger partial charge in [0.25, 0.3) is 0 Å². The molecule has 1 aromatic rings. The average Bonchev–Trinajstić information content (AvgIpc) is 2.83. The Morgan fingerprint density at radius 3 is 2.72 bits per heavy atom. The zero-order chi connectivity index (χ0) is 13.1. The van der Waals surface area contributed by atoms with Crippen LogP contribution in [0.2, 0.25) is 0 Å². The molecule has 0 heterocycles. The Labute approximate surface area is 107 Å². The van der Waals surface area contributed by atoms with Crippen LogP contribution < -0.4 is 11.1 Å². The molecule has 0 radical (unpaired) electrons. The van der Waals surface area contributed by atoms with Crippen LogP contribution in [0.5, 0.6) is 0 Å². The summed E-state index contributed by atoms with van der Waals surface area (Å²) in [6.07, 6.45) is 5.01. The largest absolute Gasteiger partial charge is 0.384 e. The molecule has 3 nitrogen and oxygen atoms in total. The van der Waals surface area contributed by atoms with E-state index in [2.05, 4.69) is 5.32 Å². The van der Waals surface area contributed by atoms with Gasteiger partial charge >= 0.3 is 0 Å². The SMILES string of the molecule is Cc1c(F)cc(C(N)=O)cc1NCC1CCCC1. The van der Waals surface area contributed by atoms with E-state index in [4.69, 9.17) is 5.73 Å². The molecular formula is C14H19FN2O. The molecule has 1 fully saturated rings. The van der Waals surface area contributed by atoms with E-state index < -0.39 is 5.91 Å². The number of nitrogens with two attached hydrogens (primary N) is 1. The molecule has 0 aromatic heterocycles. The first-order valence-electron chi connectivity index (χ1n) is 6.41. The number of hydrogen-bond acceptors (Lipinski definition) is 2. The van der Waals surface area contributed by atoms with Gasteiger partial charge in [-0.2, -0.15) is 0 Å². The third-order valence-corrected chi connectivity index (χ3v) is 3.68. The van der Waals surface area contributed by atoms with Crippen LogP contribution >= 0.6 is 0 Å². The number of amides is 1. The Morgan fingerprint density at radius 2 is 2.11 bits per heavy atom. The van der Waals surface area contributed by atoms with Gasteiger partial charge in [0.1, 0.15) is 5.82 Å². The van der Waals surface area contributed by atoms with Crippen molar-refractivity contribution in [1.29, 1.82) is 0 Å². The summed E-state index contributed by atoms with van der Waals surface area (Å²) in [4.78, 5) is 11.1. The molecule has 18 heavy (non-hydrogen) atoms. The minimum absolute atomic E-state index is 0.215. The molecule has 0 aliphatic heterocycles. The van der Waals surface area contributed by atoms with E-state index in [0.29, 0.717) is 17.2 Å². The molecule has 0 atom stereocenters. The first-order chi connectivity index (χ1) is 8.58. The Balaban J connectivity index is 2.12. The van der Waals surface area contributed by atoms with Crippen LogP contribution in [0.15, 0.2) is 12.1 Å². The van der Waals surface area contributed by atoms with Crippen molar-refractivity contribution in [2.75, 3.05) is 11.9 Å². The fourth-order valence-corrected chi connectivity index (χ4v) is 2.47. The fraction of sp³-hybridized carbons (Fsp3) is 0.500. The molecule has 1 amide bonds. The van der Waals surface area contributed by atoms with Gasteiger partial charge in [-0.15, -0.1) is 0 Å². The molecule has 0 unspecified atom stereocenters. The summed E-state index contributed by atoms with van der Waals surface area (Å²) in [6.45, 7) is 2.54. The Kier molecular flexibility index (Phi) is 3.84. The van der Waals surface area contributed by atoms with E-state index in [0.717, 1.165) is 6.54 Å². The van der Waals surface area contributed by atoms with Gasteiger partial charge in [0.15, 0.2) is 0 Å². The van der Waals surface area contributed by atoms with E-state index in [1.807, 2.05) is 0 Å². The third-order valence-electron chi connectivity index (χ3n) is 3.68. The smallest absolute Gasteiger partial charge is 0.248 e. The van der Waals surface area contributed by atoms with Gasteiger partial charge in [0.2, 0.25) is 5.91 Å². The topological polar surface area (TPSA) is 55.1 Å². The molecule has 98 valence electrons. The molecule has 1 aliphatic rings. The lowest BCUT2D eigenvalue weighted by molar-refractivity contribution is 0.1000. The van der Waals surface area contributed by atoms with Crippen LogP contribution in [0.1, 0.15) is 41.6 Å². The monoisotopic (exact) mass is 250 g/mol. The normalized spacial score (nSPS) is 15.9. The molecule has 3 N–H and O–H groups in total. The van der Waals surface area contributed by atoms with Gasteiger partial charge in [-0.1, -0.05) is 12.8 Å². The second-order valence-electron chi connectivity index (χ2n) is 5.03. The van der Waals surface area contributed by atoms with Crippen molar-refractivity contribution in [3.63, 3.8) is 0 Å². The van der Waals surface area contributed by atoms with E-state index in [1.54, 1.807) is 13.0 Å². The second kappa shape index (κ2) is 5.38. The van der Waals surface area contributed by atoms with Crippen LogP contribution in [0, 0.1) is 18.7 Å². The summed E-state index contributed by atoms with van der Waals surface area (Å²) in [6, 6.07) is 2.83. The van der Waals surface area contributed by atoms with Crippen molar-refractivity contribution >= 4 is 11.6 Å². The fourth-order valence-electron chi connectivity index (χ4n) is 2.47. The molecule has 0 spiro atoms. The standard InChI is InChI=1S/C14H19FN2O/c1-9-12(15)6-11(14(16)18)7-13(9)17-8-10-4-2-3-5-10/h6-7,10,17H,2-5,8H2,1H3,(H2,16,18). The Hall–Kier alpha value is -1.58. The minimum atomic E-state index is -0.599. The summed E-state index contributed by atoms with van der Waals surface area (Å²) in [7, 11) is 0. The van der Waals surface area contributed by atoms with E-state index in [1.165, 1.54) is 31.7 Å². The van der Waals surface area contributed by atoms with Gasteiger partial charge < -0.3 is 11.1 Å². The predicted molar refractivity (Wildman–Crippen MR) is 70.1 cm³/mol. The Morgan fingerprint density at radius 1 is 1.44 bits per heavy atom. The highest BCUT2D eigenvalue weighted by Crippen LogP contribution is 2.26. The summed E-state index contributed by atoms with van der Waals surface area (Å²) < 4.78 is 13.7. The van der Waals surface area contributed by atoms with Crippen molar-refractivity contribution in [3.8, 4) is 0 Å². The molecule has 0 bridgehead atoms. The maximum Gasteiger partial charge on any atom is 0.248 e. The number of anilines is 1. The first-order valence-corrected chi connectivity index (χ1v) is 6.41. The predicted octanol–water partition coefficient (Wildman–Crippen LogP) is 2.84. The highest BCUT2D eigenvalue weighted by Gasteiger charge is 2.16. The molecule has 1 aliphatic carbocycles. The van der Waals surface area contributed by atoms with Gasteiger partial charge in [0.05, 0.1) is 0 Å². The van der Waals surface area contributed by atoms with Crippen molar-refractivity contribution in [2.45, 2.75) is 32.6 Å². The molecule has 1 aromatic carbocycles. The number of rotatable bonds is 4. The minimum Gasteiger partial charge on any atom is -0.384 e. The third kappa shape index (κ3) is 2.81. The molecule has 1 saturated carbocycles. The molecule has 0 saturated heterocycles. The van der Waals surface area contributed by atoms with Crippen molar-refractivity contribution < 1.29 is 9.18 Å². The Bertz CT molecular complexity index is 453. The second-order valence-corrected chi connectivity index (χ2v) is 5.03. The summed E-state index contributed by atoms with van der Waals surface area (Å²) in [5, 5.41) is 3.24. The molecular weight excluding hydrogens is 231 g/mol. The van der Waals surface area contributed by atoms with Crippen LogP contribution in [-0.2, 0) is 0 Å². The highest BCUT2D eigenvalue weighted by molar-refractivity contribution is 5.94. The van der Waals surface area contributed by atoms with Crippen LogP contribution in [0.25, 0.3) is 0 Å². The van der Waals surface area contributed by atoms with E-state index >= 15 is 0 Å². The van der Waals surface area contributed by atoms with Crippen molar-refractivity contribution in [3.05, 3.63) is 29.1 Å². The zero-order valence-electron chi connectivity index (χ0n) is 10.6. The maximum atomic E-state index is 13.7. The first kappa shape index (κ1) is 12.9. The summed E-state index contributed by atoms with van der Waals surface area (Å²) >= 11 is 0. The number of nitrogens with one attached hydrogen (secondary N) is 1. The number of carbonyl (C=O) groups is 1. The van der Waals surface area contributed by atoms with Crippen LogP contribution in [0.3, 0.4) is 0 Å². The average molecular weight is 250 g/mol. The van der Waals surface area contributed by atoms with Crippen molar-refractivity contribution in [1.82, 2.24) is 0 Å². The lowest BCUT2D eigenvalue weighted by atomic mass is 10.1. The molecule has 2 rings (SSSR count). The van der Waals surface area contributed by atoms with Gasteiger partial charge in [-0.3, -0.25) is 4.79 Å². The van der Waals surface area contributed by atoms with Crippen LogP contribution in [-0.4, -0.2) is 12.5 Å². The van der Waals surface area contributed by atoms with Gasteiger partial charge in [0, 0.05) is 23.4 Å². The summed E-state index contributed by atoms with van der Waals surface area (Å²) in [5.41, 5.74) is 6.62. The number of benzene rings is 1.